The van der Waals surface area contributed by atoms with Gasteiger partial charge in [-0.3, -0.25) is 0 Å². The number of ether oxygens (including phenoxy) is 2. The molecule has 0 unspecified atom stereocenters. The molecule has 0 fully saturated rings. The largest absolute Gasteiger partial charge is 0.454 e. The van der Waals surface area contributed by atoms with Crippen molar-refractivity contribution < 1.29 is 9.47 Å². The Morgan fingerprint density at radius 3 is 2.83 bits per heavy atom. The Labute approximate surface area is 149 Å². The van der Waals surface area contributed by atoms with Crippen molar-refractivity contribution in [2.45, 2.75) is 13.1 Å². The van der Waals surface area contributed by atoms with Crippen molar-refractivity contribution >= 4 is 33.3 Å². The standard InChI is InChI=1S/C17H17BrN2O2S/c1-20(10-13-4-2-3-5-14(13)18)17(23)19-9-12-6-7-15-16(8-12)22-11-21-15/h2-8H,9-11H2,1H3,(H,19,23). The monoisotopic (exact) mass is 392 g/mol. The smallest absolute Gasteiger partial charge is 0.231 e. The molecule has 3 rings (SSSR count). The first kappa shape index (κ1) is 16.1. The molecule has 23 heavy (non-hydrogen) atoms. The van der Waals surface area contributed by atoms with E-state index in [4.69, 9.17) is 21.7 Å². The molecule has 0 spiro atoms. The van der Waals surface area contributed by atoms with Gasteiger partial charge in [0.05, 0.1) is 0 Å². The Kier molecular flexibility index (Phi) is 5.03. The van der Waals surface area contributed by atoms with Gasteiger partial charge >= 0.3 is 0 Å². The van der Waals surface area contributed by atoms with Crippen LogP contribution in [0.1, 0.15) is 11.1 Å². The molecular weight excluding hydrogens is 376 g/mol. The zero-order valence-corrected chi connectivity index (χ0v) is 15.1. The molecule has 1 aliphatic heterocycles. The summed E-state index contributed by atoms with van der Waals surface area (Å²) in [5.74, 6) is 1.58. The second-order valence-corrected chi connectivity index (χ2v) is 6.53. The maximum atomic E-state index is 5.46. The zero-order valence-electron chi connectivity index (χ0n) is 12.7. The fourth-order valence-electron chi connectivity index (χ4n) is 2.32. The highest BCUT2D eigenvalue weighted by Gasteiger charge is 2.13. The minimum atomic E-state index is 0.291. The predicted molar refractivity (Wildman–Crippen MR) is 97.6 cm³/mol. The van der Waals surface area contributed by atoms with Gasteiger partial charge in [-0.2, -0.15) is 0 Å². The van der Waals surface area contributed by atoms with Crippen molar-refractivity contribution in [3.63, 3.8) is 0 Å². The van der Waals surface area contributed by atoms with E-state index in [0.717, 1.165) is 28.1 Å². The lowest BCUT2D eigenvalue weighted by Crippen LogP contribution is -2.36. The van der Waals surface area contributed by atoms with Crippen molar-refractivity contribution in [3.8, 4) is 11.5 Å². The maximum Gasteiger partial charge on any atom is 0.231 e. The van der Waals surface area contributed by atoms with Gasteiger partial charge in [-0.05, 0) is 41.5 Å². The number of rotatable bonds is 4. The van der Waals surface area contributed by atoms with Crippen LogP contribution in [-0.2, 0) is 13.1 Å². The molecule has 2 aromatic carbocycles. The molecule has 1 aliphatic rings. The quantitative estimate of drug-likeness (QED) is 0.802. The first-order valence-electron chi connectivity index (χ1n) is 7.24. The Balaban J connectivity index is 1.55. The van der Waals surface area contributed by atoms with Gasteiger partial charge in [0.2, 0.25) is 6.79 Å². The summed E-state index contributed by atoms with van der Waals surface area (Å²) in [4.78, 5) is 2.02. The van der Waals surface area contributed by atoms with E-state index < -0.39 is 0 Å². The van der Waals surface area contributed by atoms with Gasteiger partial charge < -0.3 is 19.7 Å². The number of thiocarbonyl (C=S) groups is 1. The summed E-state index contributed by atoms with van der Waals surface area (Å²) in [7, 11) is 1.98. The van der Waals surface area contributed by atoms with Crippen molar-refractivity contribution in [1.29, 1.82) is 0 Å². The Morgan fingerprint density at radius 2 is 2.00 bits per heavy atom. The Hall–Kier alpha value is -1.79. The average molecular weight is 393 g/mol. The van der Waals surface area contributed by atoms with Crippen LogP contribution in [0.5, 0.6) is 11.5 Å². The number of fused-ring (bicyclic) bond motifs is 1. The van der Waals surface area contributed by atoms with Crippen LogP contribution in [0.4, 0.5) is 0 Å². The number of nitrogens with one attached hydrogen (secondary N) is 1. The summed E-state index contributed by atoms with van der Waals surface area (Å²) in [5.41, 5.74) is 2.30. The average Bonchev–Trinajstić information content (AvgIpc) is 3.02. The van der Waals surface area contributed by atoms with Crippen LogP contribution in [0.3, 0.4) is 0 Å². The first-order chi connectivity index (χ1) is 11.1. The topological polar surface area (TPSA) is 33.7 Å². The van der Waals surface area contributed by atoms with Crippen LogP contribution in [0.25, 0.3) is 0 Å². The van der Waals surface area contributed by atoms with Gasteiger partial charge in [0.1, 0.15) is 0 Å². The van der Waals surface area contributed by atoms with Crippen molar-refractivity contribution in [2.24, 2.45) is 0 Å². The molecule has 0 aliphatic carbocycles. The summed E-state index contributed by atoms with van der Waals surface area (Å²) in [6.45, 7) is 1.68. The van der Waals surface area contributed by atoms with E-state index >= 15 is 0 Å². The highest BCUT2D eigenvalue weighted by Crippen LogP contribution is 2.32. The molecule has 0 radical (unpaired) electrons. The lowest BCUT2D eigenvalue weighted by molar-refractivity contribution is 0.174. The molecule has 6 heteroatoms. The Morgan fingerprint density at radius 1 is 1.22 bits per heavy atom. The van der Waals surface area contributed by atoms with Crippen LogP contribution >= 0.6 is 28.1 Å². The van der Waals surface area contributed by atoms with E-state index in [1.807, 2.05) is 48.3 Å². The fraction of sp³-hybridized carbons (Fsp3) is 0.235. The molecular formula is C17H17BrN2O2S. The number of hydrogen-bond donors (Lipinski definition) is 1. The molecule has 2 aromatic rings. The normalized spacial score (nSPS) is 12.1. The van der Waals surface area contributed by atoms with Gasteiger partial charge in [0.15, 0.2) is 16.6 Å². The second-order valence-electron chi connectivity index (χ2n) is 5.29. The molecule has 0 amide bonds. The van der Waals surface area contributed by atoms with E-state index in [0.29, 0.717) is 18.5 Å². The summed E-state index contributed by atoms with van der Waals surface area (Å²) in [6.07, 6.45) is 0. The lowest BCUT2D eigenvalue weighted by atomic mass is 10.2. The van der Waals surface area contributed by atoms with Crippen LogP contribution < -0.4 is 14.8 Å². The van der Waals surface area contributed by atoms with Gasteiger partial charge in [-0.15, -0.1) is 0 Å². The molecule has 0 aromatic heterocycles. The third kappa shape index (κ3) is 3.95. The predicted octanol–water partition coefficient (Wildman–Crippen LogP) is 3.68. The van der Waals surface area contributed by atoms with Crippen LogP contribution in [0.2, 0.25) is 0 Å². The minimum absolute atomic E-state index is 0.291. The summed E-state index contributed by atoms with van der Waals surface area (Å²) >= 11 is 9.02. The SMILES string of the molecule is CN(Cc1ccccc1Br)C(=S)NCc1ccc2c(c1)OCO2. The van der Waals surface area contributed by atoms with Crippen LogP contribution in [0, 0.1) is 0 Å². The first-order valence-corrected chi connectivity index (χ1v) is 8.44. The molecule has 0 saturated heterocycles. The number of hydrogen-bond acceptors (Lipinski definition) is 3. The molecule has 0 atom stereocenters. The summed E-state index contributed by atoms with van der Waals surface area (Å²) < 4.78 is 11.8. The number of benzene rings is 2. The van der Waals surface area contributed by atoms with Gasteiger partial charge in [0, 0.05) is 24.6 Å². The van der Waals surface area contributed by atoms with Crippen molar-refractivity contribution in [2.75, 3.05) is 13.8 Å². The molecule has 4 nitrogen and oxygen atoms in total. The van der Waals surface area contributed by atoms with Gasteiger partial charge in [0.25, 0.3) is 0 Å². The fourth-order valence-corrected chi connectivity index (χ4v) is 2.86. The molecule has 0 bridgehead atoms. The van der Waals surface area contributed by atoms with E-state index in [9.17, 15) is 0 Å². The molecule has 120 valence electrons. The molecule has 1 N–H and O–H groups in total. The number of nitrogens with zero attached hydrogens (tertiary/aromatic N) is 1. The molecule has 1 heterocycles. The van der Waals surface area contributed by atoms with Crippen molar-refractivity contribution in [1.82, 2.24) is 10.2 Å². The third-order valence-electron chi connectivity index (χ3n) is 3.59. The minimum Gasteiger partial charge on any atom is -0.454 e. The van der Waals surface area contributed by atoms with Gasteiger partial charge in [-0.1, -0.05) is 40.2 Å². The summed E-state index contributed by atoms with van der Waals surface area (Å²) in [6, 6.07) is 14.1. The second kappa shape index (κ2) is 7.19. The van der Waals surface area contributed by atoms with E-state index in [2.05, 4.69) is 27.3 Å². The van der Waals surface area contributed by atoms with E-state index in [1.54, 1.807) is 0 Å². The zero-order chi connectivity index (χ0) is 16.2. The Bertz CT molecular complexity index is 723. The van der Waals surface area contributed by atoms with Crippen LogP contribution in [-0.4, -0.2) is 23.9 Å². The maximum absolute atomic E-state index is 5.46. The van der Waals surface area contributed by atoms with Gasteiger partial charge in [-0.25, -0.2) is 0 Å². The highest BCUT2D eigenvalue weighted by atomic mass is 79.9. The third-order valence-corrected chi connectivity index (χ3v) is 4.82. The van der Waals surface area contributed by atoms with Crippen LogP contribution in [0.15, 0.2) is 46.9 Å². The summed E-state index contributed by atoms with van der Waals surface area (Å²) in [5, 5.41) is 3.98. The highest BCUT2D eigenvalue weighted by molar-refractivity contribution is 9.10. The number of halogens is 1. The van der Waals surface area contributed by atoms with Crippen molar-refractivity contribution in [3.05, 3.63) is 58.1 Å². The van der Waals surface area contributed by atoms with E-state index in [-0.39, 0.29) is 0 Å². The lowest BCUT2D eigenvalue weighted by Gasteiger charge is -2.21. The van der Waals surface area contributed by atoms with E-state index in [1.165, 1.54) is 5.56 Å². The molecule has 0 saturated carbocycles.